The van der Waals surface area contributed by atoms with Gasteiger partial charge in [-0.1, -0.05) is 33.8 Å². The van der Waals surface area contributed by atoms with E-state index in [0.717, 1.165) is 12.0 Å². The van der Waals surface area contributed by atoms with Crippen molar-refractivity contribution in [3.05, 3.63) is 23.8 Å². The van der Waals surface area contributed by atoms with E-state index in [1.165, 1.54) is 0 Å². The first-order valence-electron chi connectivity index (χ1n) is 12.4. The van der Waals surface area contributed by atoms with Gasteiger partial charge in [0.1, 0.15) is 0 Å². The molecule has 0 aliphatic carbocycles. The van der Waals surface area contributed by atoms with Gasteiger partial charge in [-0.25, -0.2) is 0 Å². The molecule has 8 nitrogen and oxygen atoms in total. The lowest BCUT2D eigenvalue weighted by Crippen LogP contribution is -2.40. The number of nitrogens with two attached hydrogens (primary N) is 1. The second-order valence-corrected chi connectivity index (χ2v) is 9.73. The summed E-state index contributed by atoms with van der Waals surface area (Å²) in [6.07, 6.45) is 1.57. The zero-order valence-corrected chi connectivity index (χ0v) is 21.2. The first kappa shape index (κ1) is 30.2. The number of carboxylic acid groups (broad SMARTS) is 1. The highest BCUT2D eigenvalue weighted by molar-refractivity contribution is 5.70. The second kappa shape index (κ2) is 15.9. The first-order valence-corrected chi connectivity index (χ1v) is 12.4. The number of benzene rings is 1. The van der Waals surface area contributed by atoms with Gasteiger partial charge in [0, 0.05) is 32.1 Å². The zero-order valence-electron chi connectivity index (χ0n) is 21.2. The van der Waals surface area contributed by atoms with Crippen molar-refractivity contribution in [1.82, 2.24) is 0 Å². The first-order chi connectivity index (χ1) is 16.1. The standard InChI is InChI=1S/C26H45NO7/c1-17(2)20(15-22(27)23(30)16-21(18(3)4)26(31)32)13-19-7-8-24(33-11-5-9-28)25(14-19)34-12-6-10-29/h7-8,14,17-18,20-23,28-30H,5-6,9-13,15-16,27H2,1-4H3,(H,31,32)/t20-,21-,22-,23-/m0/s1. The fraction of sp³-hybridized carbons (Fsp3) is 0.731. The topological polar surface area (TPSA) is 142 Å². The van der Waals surface area contributed by atoms with Gasteiger partial charge in [-0.05, 0) is 54.7 Å². The minimum Gasteiger partial charge on any atom is -0.490 e. The Morgan fingerprint density at radius 1 is 0.941 bits per heavy atom. The van der Waals surface area contributed by atoms with Crippen LogP contribution in [0.3, 0.4) is 0 Å². The maximum absolute atomic E-state index is 11.5. The largest absolute Gasteiger partial charge is 0.490 e. The highest BCUT2D eigenvalue weighted by Crippen LogP contribution is 2.32. The molecule has 0 amide bonds. The molecule has 0 fully saturated rings. The molecule has 0 saturated heterocycles. The molecule has 0 bridgehead atoms. The molecular weight excluding hydrogens is 438 g/mol. The number of hydrogen-bond acceptors (Lipinski definition) is 7. The van der Waals surface area contributed by atoms with Crippen LogP contribution in [0.25, 0.3) is 0 Å². The summed E-state index contributed by atoms with van der Waals surface area (Å²) in [5, 5.41) is 38.1. The number of hydrogen-bond donors (Lipinski definition) is 5. The van der Waals surface area contributed by atoms with Gasteiger partial charge in [-0.3, -0.25) is 4.79 Å². The Hall–Kier alpha value is -1.87. The van der Waals surface area contributed by atoms with Crippen LogP contribution in [0.5, 0.6) is 11.5 Å². The number of aliphatic hydroxyl groups excluding tert-OH is 3. The summed E-state index contributed by atoms with van der Waals surface area (Å²) in [7, 11) is 0. The third kappa shape index (κ3) is 10.6. The molecule has 1 aromatic rings. The number of rotatable bonds is 18. The number of aliphatic hydroxyl groups is 3. The number of ether oxygens (including phenoxy) is 2. The molecule has 0 aliphatic rings. The van der Waals surface area contributed by atoms with Gasteiger partial charge in [0.05, 0.1) is 25.2 Å². The molecular formula is C26H45NO7. The monoisotopic (exact) mass is 483 g/mol. The Balaban J connectivity index is 2.91. The summed E-state index contributed by atoms with van der Waals surface area (Å²) in [5.74, 6) is 0.0554. The minimum absolute atomic E-state index is 0.0373. The van der Waals surface area contributed by atoms with E-state index in [1.807, 2.05) is 32.0 Å². The molecule has 0 heterocycles. The molecule has 4 atom stereocenters. The summed E-state index contributed by atoms with van der Waals surface area (Å²) >= 11 is 0. The van der Waals surface area contributed by atoms with Gasteiger partial charge in [0.2, 0.25) is 0 Å². The van der Waals surface area contributed by atoms with Crippen LogP contribution in [-0.2, 0) is 11.2 Å². The van der Waals surface area contributed by atoms with Crippen LogP contribution in [0.2, 0.25) is 0 Å². The normalized spacial score (nSPS) is 15.2. The predicted octanol–water partition coefficient (Wildman–Crippen LogP) is 2.85. The Bertz CT molecular complexity index is 710. The van der Waals surface area contributed by atoms with Crippen LogP contribution in [0.1, 0.15) is 58.9 Å². The Morgan fingerprint density at radius 3 is 2.03 bits per heavy atom. The SMILES string of the molecule is CC(C)[C@@H](Cc1ccc(OCCCO)c(OCCCO)c1)C[C@H](N)[C@@H](O)C[C@H](C(=O)O)C(C)C. The van der Waals surface area contributed by atoms with E-state index in [4.69, 9.17) is 25.4 Å². The zero-order chi connectivity index (χ0) is 25.7. The summed E-state index contributed by atoms with van der Waals surface area (Å²) in [6, 6.07) is 5.24. The molecule has 0 aromatic heterocycles. The maximum atomic E-state index is 11.5. The van der Waals surface area contributed by atoms with Gasteiger partial charge in [0.15, 0.2) is 11.5 Å². The van der Waals surface area contributed by atoms with Crippen molar-refractivity contribution < 1.29 is 34.7 Å². The van der Waals surface area contributed by atoms with Crippen molar-refractivity contribution in [3.63, 3.8) is 0 Å². The van der Waals surface area contributed by atoms with Gasteiger partial charge in [-0.15, -0.1) is 0 Å². The fourth-order valence-electron chi connectivity index (χ4n) is 3.90. The molecule has 1 rings (SSSR count). The molecule has 196 valence electrons. The second-order valence-electron chi connectivity index (χ2n) is 9.73. The summed E-state index contributed by atoms with van der Waals surface area (Å²) in [6.45, 7) is 8.73. The van der Waals surface area contributed by atoms with Gasteiger partial charge < -0.3 is 35.6 Å². The van der Waals surface area contributed by atoms with Gasteiger partial charge in [0.25, 0.3) is 0 Å². The van der Waals surface area contributed by atoms with Crippen molar-refractivity contribution in [2.24, 2.45) is 29.4 Å². The van der Waals surface area contributed by atoms with E-state index in [1.54, 1.807) is 0 Å². The van der Waals surface area contributed by atoms with Crippen molar-refractivity contribution >= 4 is 5.97 Å². The third-order valence-corrected chi connectivity index (χ3v) is 6.26. The van der Waals surface area contributed by atoms with Crippen LogP contribution in [-0.4, -0.2) is 65.0 Å². The lowest BCUT2D eigenvalue weighted by Gasteiger charge is -2.29. The maximum Gasteiger partial charge on any atom is 0.306 e. The molecule has 0 aliphatic heterocycles. The lowest BCUT2D eigenvalue weighted by atomic mass is 9.81. The van der Waals surface area contributed by atoms with Crippen LogP contribution >= 0.6 is 0 Å². The quantitative estimate of drug-likeness (QED) is 0.201. The van der Waals surface area contributed by atoms with E-state index < -0.39 is 24.0 Å². The lowest BCUT2D eigenvalue weighted by molar-refractivity contribution is -0.144. The molecule has 1 aromatic carbocycles. The van der Waals surface area contributed by atoms with E-state index in [9.17, 15) is 15.0 Å². The van der Waals surface area contributed by atoms with Crippen LogP contribution < -0.4 is 15.2 Å². The smallest absolute Gasteiger partial charge is 0.306 e. The molecule has 0 unspecified atom stereocenters. The molecule has 34 heavy (non-hydrogen) atoms. The van der Waals surface area contributed by atoms with Crippen LogP contribution in [0.15, 0.2) is 18.2 Å². The molecule has 0 radical (unpaired) electrons. The van der Waals surface area contributed by atoms with E-state index >= 15 is 0 Å². The van der Waals surface area contributed by atoms with E-state index in [2.05, 4.69) is 13.8 Å². The van der Waals surface area contributed by atoms with E-state index in [0.29, 0.717) is 49.9 Å². The number of carbonyl (C=O) groups is 1. The van der Waals surface area contributed by atoms with Crippen LogP contribution in [0.4, 0.5) is 0 Å². The van der Waals surface area contributed by atoms with Crippen molar-refractivity contribution in [1.29, 1.82) is 0 Å². The number of carboxylic acids is 1. The van der Waals surface area contributed by atoms with Gasteiger partial charge in [-0.2, -0.15) is 0 Å². The fourth-order valence-corrected chi connectivity index (χ4v) is 3.90. The Morgan fingerprint density at radius 2 is 1.53 bits per heavy atom. The highest BCUT2D eigenvalue weighted by Gasteiger charge is 2.29. The Kier molecular flexibility index (Phi) is 14.1. The summed E-state index contributed by atoms with van der Waals surface area (Å²) in [5.41, 5.74) is 7.37. The average Bonchev–Trinajstić information content (AvgIpc) is 2.77. The summed E-state index contributed by atoms with van der Waals surface area (Å²) in [4.78, 5) is 11.5. The average molecular weight is 484 g/mol. The Labute approximate surface area is 204 Å². The van der Waals surface area contributed by atoms with Crippen molar-refractivity contribution in [2.45, 2.75) is 71.9 Å². The molecule has 0 saturated carbocycles. The number of aliphatic carboxylic acids is 1. The van der Waals surface area contributed by atoms with Crippen molar-refractivity contribution in [2.75, 3.05) is 26.4 Å². The van der Waals surface area contributed by atoms with Gasteiger partial charge >= 0.3 is 5.97 Å². The summed E-state index contributed by atoms with van der Waals surface area (Å²) < 4.78 is 11.6. The predicted molar refractivity (Wildman–Crippen MR) is 132 cm³/mol. The minimum atomic E-state index is -0.906. The van der Waals surface area contributed by atoms with E-state index in [-0.39, 0.29) is 31.5 Å². The molecule has 6 N–H and O–H groups in total. The highest BCUT2D eigenvalue weighted by atomic mass is 16.5. The van der Waals surface area contributed by atoms with Crippen LogP contribution in [0, 0.1) is 23.7 Å². The molecule has 0 spiro atoms. The van der Waals surface area contributed by atoms with Crippen molar-refractivity contribution in [3.8, 4) is 11.5 Å². The third-order valence-electron chi connectivity index (χ3n) is 6.26. The molecule has 8 heteroatoms.